The number of pyridine rings is 1. The molecule has 1 fully saturated rings. The van der Waals surface area contributed by atoms with E-state index in [-0.39, 0.29) is 0 Å². The maximum Gasteiger partial charge on any atom is 0.0735 e. The Balaban J connectivity index is 2.03. The summed E-state index contributed by atoms with van der Waals surface area (Å²) in [5.74, 6) is 0. The largest absolute Gasteiger partial charge is 0.374 e. The van der Waals surface area contributed by atoms with Crippen molar-refractivity contribution < 1.29 is 4.74 Å². The van der Waals surface area contributed by atoms with E-state index in [4.69, 9.17) is 16.3 Å². The van der Waals surface area contributed by atoms with Crippen LogP contribution < -0.4 is 5.32 Å². The van der Waals surface area contributed by atoms with E-state index in [1.54, 1.807) is 12.4 Å². The minimum Gasteiger partial charge on any atom is -0.374 e. The van der Waals surface area contributed by atoms with Gasteiger partial charge in [-0.3, -0.25) is 4.98 Å². The second-order valence-electron chi connectivity index (χ2n) is 4.63. The molecule has 4 heteroatoms. The van der Waals surface area contributed by atoms with Crippen LogP contribution in [0.25, 0.3) is 0 Å². The first-order valence-electron chi connectivity index (χ1n) is 6.12. The number of ether oxygens (including phenoxy) is 1. The molecule has 94 valence electrons. The number of likely N-dealkylation sites (N-methyl/N-ethyl adjacent to an activating group) is 1. The lowest BCUT2D eigenvalue weighted by Gasteiger charge is -2.23. The van der Waals surface area contributed by atoms with Crippen molar-refractivity contribution >= 4 is 11.6 Å². The van der Waals surface area contributed by atoms with Crippen molar-refractivity contribution in [2.45, 2.75) is 44.4 Å². The molecule has 3 unspecified atom stereocenters. The van der Waals surface area contributed by atoms with Gasteiger partial charge >= 0.3 is 0 Å². The van der Waals surface area contributed by atoms with E-state index >= 15 is 0 Å². The highest BCUT2D eigenvalue weighted by Gasteiger charge is 2.29. The maximum atomic E-state index is 6.13. The fourth-order valence-electron chi connectivity index (χ4n) is 2.36. The van der Waals surface area contributed by atoms with Gasteiger partial charge in [-0.15, -0.1) is 0 Å². The number of hydrogen-bond donors (Lipinski definition) is 1. The first-order chi connectivity index (χ1) is 8.20. The van der Waals surface area contributed by atoms with E-state index in [2.05, 4.69) is 17.2 Å². The summed E-state index contributed by atoms with van der Waals surface area (Å²) in [5, 5.41) is 4.07. The van der Waals surface area contributed by atoms with Gasteiger partial charge < -0.3 is 10.1 Å². The predicted octanol–water partition coefficient (Wildman–Crippen LogP) is 2.43. The quantitative estimate of drug-likeness (QED) is 0.896. The lowest BCUT2D eigenvalue weighted by molar-refractivity contribution is 0.0337. The molecule has 0 bridgehead atoms. The number of hydrogen-bond acceptors (Lipinski definition) is 3. The van der Waals surface area contributed by atoms with Crippen LogP contribution in [0.2, 0.25) is 5.02 Å². The standard InChI is InChI=1S/C13H19ClN2O/c1-9-3-4-13(17-9)12(15-2)7-10-5-6-16-8-11(10)14/h5-6,8-9,12-13,15H,3-4,7H2,1-2H3. The van der Waals surface area contributed by atoms with Crippen LogP contribution in [0.1, 0.15) is 25.3 Å². The first-order valence-corrected chi connectivity index (χ1v) is 6.49. The van der Waals surface area contributed by atoms with Crippen molar-refractivity contribution in [3.63, 3.8) is 0 Å². The lowest BCUT2D eigenvalue weighted by atomic mass is 10.00. The summed E-state index contributed by atoms with van der Waals surface area (Å²) in [6, 6.07) is 2.30. The summed E-state index contributed by atoms with van der Waals surface area (Å²) in [4.78, 5) is 4.00. The zero-order valence-electron chi connectivity index (χ0n) is 10.3. The second kappa shape index (κ2) is 5.80. The van der Waals surface area contributed by atoms with Gasteiger partial charge in [0, 0.05) is 18.4 Å². The third-order valence-corrected chi connectivity index (χ3v) is 3.72. The highest BCUT2D eigenvalue weighted by Crippen LogP contribution is 2.25. The minimum atomic E-state index is 0.291. The van der Waals surface area contributed by atoms with Gasteiger partial charge in [0.2, 0.25) is 0 Å². The average Bonchev–Trinajstić information content (AvgIpc) is 2.75. The van der Waals surface area contributed by atoms with Crippen LogP contribution in [0, 0.1) is 0 Å². The topological polar surface area (TPSA) is 34.2 Å². The van der Waals surface area contributed by atoms with Gasteiger partial charge in [-0.25, -0.2) is 0 Å². The van der Waals surface area contributed by atoms with Gasteiger partial charge in [-0.1, -0.05) is 11.6 Å². The lowest BCUT2D eigenvalue weighted by Crippen LogP contribution is -2.39. The van der Waals surface area contributed by atoms with E-state index in [0.29, 0.717) is 18.2 Å². The Labute approximate surface area is 108 Å². The zero-order chi connectivity index (χ0) is 12.3. The summed E-state index contributed by atoms with van der Waals surface area (Å²) in [6.07, 6.45) is 7.30. The number of halogens is 1. The van der Waals surface area contributed by atoms with Crippen LogP contribution in [0.15, 0.2) is 18.5 Å². The third kappa shape index (κ3) is 3.18. The van der Waals surface area contributed by atoms with Crippen molar-refractivity contribution in [1.29, 1.82) is 0 Å². The molecule has 1 aliphatic rings. The molecular formula is C13H19ClN2O. The van der Waals surface area contributed by atoms with E-state index < -0.39 is 0 Å². The third-order valence-electron chi connectivity index (χ3n) is 3.38. The molecular weight excluding hydrogens is 236 g/mol. The van der Waals surface area contributed by atoms with E-state index in [9.17, 15) is 0 Å². The highest BCUT2D eigenvalue weighted by atomic mass is 35.5. The van der Waals surface area contributed by atoms with Crippen molar-refractivity contribution in [3.05, 3.63) is 29.0 Å². The molecule has 2 rings (SSSR count). The molecule has 0 amide bonds. The Bertz CT molecular complexity index is 372. The van der Waals surface area contributed by atoms with E-state index in [0.717, 1.165) is 29.8 Å². The first kappa shape index (κ1) is 12.8. The molecule has 2 heterocycles. The van der Waals surface area contributed by atoms with Crippen LogP contribution in [-0.4, -0.2) is 30.3 Å². The molecule has 0 radical (unpaired) electrons. The second-order valence-corrected chi connectivity index (χ2v) is 5.04. The normalized spacial score (nSPS) is 26.1. The van der Waals surface area contributed by atoms with Gasteiger partial charge in [0.1, 0.15) is 0 Å². The molecule has 3 nitrogen and oxygen atoms in total. The van der Waals surface area contributed by atoms with Gasteiger partial charge in [-0.05, 0) is 44.9 Å². The van der Waals surface area contributed by atoms with Crippen LogP contribution in [-0.2, 0) is 11.2 Å². The van der Waals surface area contributed by atoms with Gasteiger partial charge in [0.25, 0.3) is 0 Å². The Kier molecular flexibility index (Phi) is 4.37. The molecule has 0 aromatic carbocycles. The van der Waals surface area contributed by atoms with Gasteiger partial charge in [0.15, 0.2) is 0 Å². The molecule has 0 saturated carbocycles. The Morgan fingerprint density at radius 2 is 2.41 bits per heavy atom. The van der Waals surface area contributed by atoms with Crippen LogP contribution in [0.3, 0.4) is 0 Å². The number of aromatic nitrogens is 1. The molecule has 1 aromatic heterocycles. The van der Waals surface area contributed by atoms with E-state index in [1.807, 2.05) is 13.1 Å². The SMILES string of the molecule is CNC(Cc1ccncc1Cl)C1CCC(C)O1. The predicted molar refractivity (Wildman–Crippen MR) is 69.4 cm³/mol. The molecule has 17 heavy (non-hydrogen) atoms. The number of nitrogens with one attached hydrogen (secondary N) is 1. The van der Waals surface area contributed by atoms with Gasteiger partial charge in [0.05, 0.1) is 17.2 Å². The Morgan fingerprint density at radius 3 is 3.00 bits per heavy atom. The van der Waals surface area contributed by atoms with Crippen LogP contribution >= 0.6 is 11.6 Å². The number of rotatable bonds is 4. The highest BCUT2D eigenvalue weighted by molar-refractivity contribution is 6.31. The monoisotopic (exact) mass is 254 g/mol. The molecule has 1 aliphatic heterocycles. The van der Waals surface area contributed by atoms with Crippen molar-refractivity contribution in [2.75, 3.05) is 7.05 Å². The number of nitrogens with zero attached hydrogens (tertiary/aromatic N) is 1. The molecule has 0 aliphatic carbocycles. The Hall–Kier alpha value is -0.640. The van der Waals surface area contributed by atoms with Crippen molar-refractivity contribution in [3.8, 4) is 0 Å². The zero-order valence-corrected chi connectivity index (χ0v) is 11.1. The fraction of sp³-hybridized carbons (Fsp3) is 0.615. The van der Waals surface area contributed by atoms with E-state index in [1.165, 1.54) is 0 Å². The molecule has 1 aromatic rings. The summed E-state index contributed by atoms with van der Waals surface area (Å²) >= 11 is 6.13. The Morgan fingerprint density at radius 1 is 1.59 bits per heavy atom. The average molecular weight is 255 g/mol. The van der Waals surface area contributed by atoms with Crippen LogP contribution in [0.5, 0.6) is 0 Å². The molecule has 1 N–H and O–H groups in total. The van der Waals surface area contributed by atoms with Gasteiger partial charge in [-0.2, -0.15) is 0 Å². The van der Waals surface area contributed by atoms with Crippen LogP contribution in [0.4, 0.5) is 0 Å². The summed E-state index contributed by atoms with van der Waals surface area (Å²) in [5.41, 5.74) is 1.13. The smallest absolute Gasteiger partial charge is 0.0735 e. The van der Waals surface area contributed by atoms with Crippen molar-refractivity contribution in [2.24, 2.45) is 0 Å². The summed E-state index contributed by atoms with van der Waals surface area (Å²) in [7, 11) is 1.98. The molecule has 0 spiro atoms. The minimum absolute atomic E-state index is 0.291. The maximum absolute atomic E-state index is 6.13. The molecule has 1 saturated heterocycles. The summed E-state index contributed by atoms with van der Waals surface area (Å²) in [6.45, 7) is 2.13. The van der Waals surface area contributed by atoms with Crippen molar-refractivity contribution in [1.82, 2.24) is 10.3 Å². The fourth-order valence-corrected chi connectivity index (χ4v) is 2.55. The summed E-state index contributed by atoms with van der Waals surface area (Å²) < 4.78 is 5.91. The molecule has 3 atom stereocenters.